The van der Waals surface area contributed by atoms with Gasteiger partial charge in [-0.2, -0.15) is 0 Å². The largest absolute Gasteiger partial charge is 0.354 e. The van der Waals surface area contributed by atoms with Crippen molar-refractivity contribution in [3.63, 3.8) is 0 Å². The van der Waals surface area contributed by atoms with Gasteiger partial charge in [0.1, 0.15) is 11.9 Å². The predicted molar refractivity (Wildman–Crippen MR) is 141 cm³/mol. The maximum Gasteiger partial charge on any atom is 0.243 e. The minimum atomic E-state index is -0.737. The Morgan fingerprint density at radius 2 is 1.54 bits per heavy atom. The van der Waals surface area contributed by atoms with Crippen LogP contribution in [-0.2, 0) is 28.3 Å². The van der Waals surface area contributed by atoms with Gasteiger partial charge in [-0.15, -0.1) is 11.8 Å². The number of unbranched alkanes of at least 4 members (excludes halogenated alkanes) is 1. The second kappa shape index (κ2) is 14.3. The second-order valence-corrected chi connectivity index (χ2v) is 9.43. The summed E-state index contributed by atoms with van der Waals surface area (Å²) in [5.41, 5.74) is 2.48. The molecule has 35 heavy (non-hydrogen) atoms. The molecule has 0 aromatic heterocycles. The van der Waals surface area contributed by atoms with Gasteiger partial charge < -0.3 is 10.2 Å². The molecule has 2 amide bonds. The molecule has 0 radical (unpaired) electrons. The van der Waals surface area contributed by atoms with E-state index in [9.17, 15) is 14.0 Å². The van der Waals surface area contributed by atoms with E-state index >= 15 is 0 Å². The number of nitrogens with one attached hydrogen (secondary N) is 1. The summed E-state index contributed by atoms with van der Waals surface area (Å²) in [6.45, 7) is 2.65. The third-order valence-electron chi connectivity index (χ3n) is 5.74. The first-order valence-electron chi connectivity index (χ1n) is 12.0. The van der Waals surface area contributed by atoms with E-state index < -0.39 is 6.04 Å². The monoisotopic (exact) mass is 492 g/mol. The van der Waals surface area contributed by atoms with Crippen molar-refractivity contribution in [3.8, 4) is 0 Å². The first-order chi connectivity index (χ1) is 17.1. The molecule has 3 rings (SSSR count). The van der Waals surface area contributed by atoms with Gasteiger partial charge in [-0.05, 0) is 23.6 Å². The highest BCUT2D eigenvalue weighted by atomic mass is 32.2. The van der Waals surface area contributed by atoms with Crippen LogP contribution in [0.5, 0.6) is 0 Å². The van der Waals surface area contributed by atoms with E-state index in [1.54, 1.807) is 23.1 Å². The van der Waals surface area contributed by atoms with Crippen molar-refractivity contribution in [3.05, 3.63) is 107 Å². The summed E-state index contributed by atoms with van der Waals surface area (Å²) in [6, 6.07) is 25.3. The Morgan fingerprint density at radius 3 is 2.20 bits per heavy atom. The van der Waals surface area contributed by atoms with Crippen molar-refractivity contribution < 1.29 is 14.0 Å². The van der Waals surface area contributed by atoms with Gasteiger partial charge in [-0.1, -0.05) is 92.2 Å². The molecular formula is C29H33FN2O2S. The Kier molecular flexibility index (Phi) is 10.8. The molecule has 0 heterocycles. The summed E-state index contributed by atoms with van der Waals surface area (Å²) >= 11 is 1.50. The van der Waals surface area contributed by atoms with Crippen LogP contribution >= 0.6 is 11.8 Å². The highest BCUT2D eigenvalue weighted by molar-refractivity contribution is 7.99. The molecule has 1 N–H and O–H groups in total. The molecule has 0 fully saturated rings. The molecular weight excluding hydrogens is 459 g/mol. The number of carbonyl (C=O) groups excluding carboxylic acids is 2. The predicted octanol–water partition coefficient (Wildman–Crippen LogP) is 5.62. The van der Waals surface area contributed by atoms with E-state index in [-0.39, 0.29) is 29.9 Å². The molecule has 0 aliphatic rings. The van der Waals surface area contributed by atoms with Crippen molar-refractivity contribution >= 4 is 23.6 Å². The lowest BCUT2D eigenvalue weighted by molar-refractivity contribution is -0.139. The highest BCUT2D eigenvalue weighted by Crippen LogP contribution is 2.19. The Hall–Kier alpha value is -3.12. The van der Waals surface area contributed by atoms with Gasteiger partial charge in [-0.3, -0.25) is 9.59 Å². The number of nitrogens with zero attached hydrogens (tertiary/aromatic N) is 1. The summed E-state index contributed by atoms with van der Waals surface area (Å²) in [7, 11) is 0. The summed E-state index contributed by atoms with van der Waals surface area (Å²) in [5, 5.41) is 2.99. The lowest BCUT2D eigenvalue weighted by Gasteiger charge is -2.31. The van der Waals surface area contributed by atoms with Gasteiger partial charge in [0.05, 0.1) is 5.75 Å². The lowest BCUT2D eigenvalue weighted by atomic mass is 10.0. The zero-order valence-corrected chi connectivity index (χ0v) is 21.0. The maximum absolute atomic E-state index is 14.6. The van der Waals surface area contributed by atoms with Gasteiger partial charge in [0.25, 0.3) is 0 Å². The zero-order chi connectivity index (χ0) is 24.9. The minimum Gasteiger partial charge on any atom is -0.354 e. The van der Waals surface area contributed by atoms with Gasteiger partial charge >= 0.3 is 0 Å². The van der Waals surface area contributed by atoms with E-state index in [1.807, 2.05) is 60.7 Å². The fraction of sp³-hybridized carbons (Fsp3) is 0.310. The third kappa shape index (κ3) is 8.55. The average Bonchev–Trinajstić information content (AvgIpc) is 2.88. The third-order valence-corrected chi connectivity index (χ3v) is 6.72. The summed E-state index contributed by atoms with van der Waals surface area (Å²) in [5.74, 6) is 0.121. The SMILES string of the molecule is CCCCNC(=O)[C@@H](Cc1ccccc1)N(Cc1ccccc1F)C(=O)CSCc1ccccc1. The van der Waals surface area contributed by atoms with E-state index in [0.717, 1.165) is 24.0 Å². The average molecular weight is 493 g/mol. The second-order valence-electron chi connectivity index (χ2n) is 8.44. The van der Waals surface area contributed by atoms with Crippen LogP contribution in [0.4, 0.5) is 4.39 Å². The quantitative estimate of drug-likeness (QED) is 0.315. The number of halogens is 1. The molecule has 184 valence electrons. The molecule has 0 aliphatic heterocycles. The van der Waals surface area contributed by atoms with E-state index in [0.29, 0.717) is 24.3 Å². The molecule has 6 heteroatoms. The van der Waals surface area contributed by atoms with Crippen molar-refractivity contribution in [1.29, 1.82) is 0 Å². The van der Waals surface area contributed by atoms with Crippen LogP contribution in [0.2, 0.25) is 0 Å². The molecule has 3 aromatic carbocycles. The number of benzene rings is 3. The van der Waals surface area contributed by atoms with Crippen LogP contribution in [0.25, 0.3) is 0 Å². The molecule has 4 nitrogen and oxygen atoms in total. The van der Waals surface area contributed by atoms with Gasteiger partial charge in [0, 0.05) is 30.8 Å². The molecule has 0 bridgehead atoms. The number of thioether (sulfide) groups is 1. The standard InChI is InChI=1S/C29H33FN2O2S/c1-2-3-18-31-29(34)27(19-23-12-6-4-7-13-23)32(20-25-16-10-11-17-26(25)30)28(33)22-35-21-24-14-8-5-9-15-24/h4-17,27H,2-3,18-22H2,1H3,(H,31,34)/t27-/m1/s1. The zero-order valence-electron chi connectivity index (χ0n) is 20.2. The van der Waals surface area contributed by atoms with E-state index in [1.165, 1.54) is 17.8 Å². The maximum atomic E-state index is 14.6. The van der Waals surface area contributed by atoms with Crippen LogP contribution < -0.4 is 5.32 Å². The molecule has 0 aliphatic carbocycles. The fourth-order valence-electron chi connectivity index (χ4n) is 3.78. The van der Waals surface area contributed by atoms with Crippen LogP contribution in [0, 0.1) is 5.82 Å². The molecule has 1 atom stereocenters. The normalized spacial score (nSPS) is 11.6. The summed E-state index contributed by atoms with van der Waals surface area (Å²) in [4.78, 5) is 28.4. The molecule has 3 aromatic rings. The summed E-state index contributed by atoms with van der Waals surface area (Å²) < 4.78 is 14.6. The van der Waals surface area contributed by atoms with Gasteiger partial charge in [0.15, 0.2) is 0 Å². The first-order valence-corrected chi connectivity index (χ1v) is 13.2. The van der Waals surface area contributed by atoms with E-state index in [2.05, 4.69) is 12.2 Å². The van der Waals surface area contributed by atoms with Gasteiger partial charge in [0.2, 0.25) is 11.8 Å². The summed E-state index contributed by atoms with van der Waals surface area (Å²) in [6.07, 6.45) is 2.18. The van der Waals surface area contributed by atoms with E-state index in [4.69, 9.17) is 0 Å². The molecule has 0 saturated heterocycles. The minimum absolute atomic E-state index is 0.0378. The Labute approximate surface area is 211 Å². The van der Waals surface area contributed by atoms with Crippen LogP contribution in [0.15, 0.2) is 84.9 Å². The first kappa shape index (κ1) is 26.5. The van der Waals surface area contributed by atoms with Crippen molar-refractivity contribution in [2.75, 3.05) is 12.3 Å². The van der Waals surface area contributed by atoms with Crippen molar-refractivity contribution in [2.45, 2.75) is 44.5 Å². The van der Waals surface area contributed by atoms with Crippen molar-refractivity contribution in [2.24, 2.45) is 0 Å². The molecule has 0 saturated carbocycles. The number of hydrogen-bond acceptors (Lipinski definition) is 3. The lowest BCUT2D eigenvalue weighted by Crippen LogP contribution is -2.51. The van der Waals surface area contributed by atoms with Crippen LogP contribution in [-0.4, -0.2) is 35.1 Å². The van der Waals surface area contributed by atoms with Crippen LogP contribution in [0.1, 0.15) is 36.5 Å². The van der Waals surface area contributed by atoms with Crippen LogP contribution in [0.3, 0.4) is 0 Å². The Bertz CT molecular complexity index is 1060. The Morgan fingerprint density at radius 1 is 0.914 bits per heavy atom. The number of amides is 2. The number of hydrogen-bond donors (Lipinski definition) is 1. The highest BCUT2D eigenvalue weighted by Gasteiger charge is 2.30. The number of rotatable bonds is 13. The van der Waals surface area contributed by atoms with Crippen molar-refractivity contribution in [1.82, 2.24) is 10.2 Å². The number of carbonyl (C=O) groups is 2. The molecule has 0 spiro atoms. The topological polar surface area (TPSA) is 49.4 Å². The Balaban J connectivity index is 1.84. The molecule has 0 unspecified atom stereocenters. The fourth-order valence-corrected chi connectivity index (χ4v) is 4.65. The smallest absolute Gasteiger partial charge is 0.243 e. The van der Waals surface area contributed by atoms with Gasteiger partial charge in [-0.25, -0.2) is 4.39 Å².